The van der Waals surface area contributed by atoms with E-state index in [1.807, 2.05) is 0 Å². The Hall–Kier alpha value is 1.85. The van der Waals surface area contributed by atoms with E-state index >= 15 is 0 Å². The summed E-state index contributed by atoms with van der Waals surface area (Å²) in [5, 5.41) is 0. The third-order valence-electron chi connectivity index (χ3n) is 0. The topological polar surface area (TPSA) is 406 Å². The highest BCUT2D eigenvalue weighted by Crippen LogP contribution is 2.27. The zero-order valence-corrected chi connectivity index (χ0v) is 13.9. The van der Waals surface area contributed by atoms with Gasteiger partial charge in [0, 0.05) is 0 Å². The van der Waals surface area contributed by atoms with Crippen LogP contribution < -0.4 is 0 Å². The average Bonchev–Trinajstić information content (AvgIpc) is 1.62. The minimum Gasteiger partial charge on any atom is -0.412 e. The van der Waals surface area contributed by atoms with E-state index in [0.29, 0.717) is 0 Å². The molecule has 0 radical (unpaired) electrons. The fourth-order valence-electron chi connectivity index (χ4n) is 0. The van der Waals surface area contributed by atoms with Gasteiger partial charge in [-0.25, -0.2) is 18.3 Å². The van der Waals surface area contributed by atoms with E-state index in [1.54, 1.807) is 0 Å². The monoisotopic (exact) mass is 498 g/mol. The van der Waals surface area contributed by atoms with Gasteiger partial charge in [-0.1, -0.05) is 0 Å². The van der Waals surface area contributed by atoms with E-state index in [9.17, 15) is 0 Å². The van der Waals surface area contributed by atoms with Crippen molar-refractivity contribution in [2.45, 2.75) is 0 Å². The summed E-state index contributed by atoms with van der Waals surface area (Å²) >= 11 is 0. The molecule has 0 amide bonds. The van der Waals surface area contributed by atoms with Gasteiger partial charge in [0.2, 0.25) is 0 Å². The van der Waals surface area contributed by atoms with Crippen molar-refractivity contribution in [2.75, 3.05) is 0 Å². The molecule has 0 fully saturated rings. The van der Waals surface area contributed by atoms with E-state index in [0.717, 1.165) is 0 Å². The first-order valence-electron chi connectivity index (χ1n) is 3.13. The van der Waals surface area contributed by atoms with Gasteiger partial charge in [-0.15, -0.1) is 0 Å². The van der Waals surface area contributed by atoms with E-state index in [-0.39, 0.29) is 62.5 Å². The van der Waals surface area contributed by atoms with Crippen LogP contribution in [-0.2, 0) is 18.3 Å². The van der Waals surface area contributed by atoms with Gasteiger partial charge in [0.05, 0.1) is 0 Å². The van der Waals surface area contributed by atoms with Crippen molar-refractivity contribution in [1.29, 1.82) is 0 Å². The molecule has 19 nitrogen and oxygen atoms in total. The second-order valence-electron chi connectivity index (χ2n) is 2.05. The Kier molecular flexibility index (Phi) is 53.8. The third-order valence-corrected chi connectivity index (χ3v) is 0. The molecule has 0 saturated carbocycles. The predicted molar refractivity (Wildman–Crippen MR) is 85.0 cm³/mol. The number of phosphoric acid groups is 4. The van der Waals surface area contributed by atoms with Crippen molar-refractivity contribution in [3.05, 3.63) is 0 Å². The van der Waals surface area contributed by atoms with Crippen molar-refractivity contribution in [3.63, 3.8) is 0 Å². The van der Waals surface area contributed by atoms with Gasteiger partial charge in [-0.05, 0) is 0 Å². The molecule has 0 spiro atoms. The second kappa shape index (κ2) is 23.9. The van der Waals surface area contributed by atoms with Crippen LogP contribution in [0.15, 0.2) is 0 Å². The lowest BCUT2D eigenvalue weighted by Crippen LogP contribution is -1.66. The van der Waals surface area contributed by atoms with Gasteiger partial charge in [0.25, 0.3) is 0 Å². The Morgan fingerprint density at radius 3 is 0.320 bits per heavy atom. The van der Waals surface area contributed by atoms with Gasteiger partial charge < -0.3 is 75.1 Å². The molecule has 0 saturated heterocycles. The van der Waals surface area contributed by atoms with Crippen molar-refractivity contribution in [2.24, 2.45) is 0 Å². The largest absolute Gasteiger partial charge is 0.466 e. The highest BCUT2D eigenvalue weighted by Gasteiger charge is 2.01. The zero-order chi connectivity index (χ0) is 18.0. The van der Waals surface area contributed by atoms with E-state index in [1.165, 1.54) is 0 Å². The number of hydrogen-bond acceptors (Lipinski definition) is 4. The van der Waals surface area contributed by atoms with Crippen LogP contribution in [0.3, 0.4) is 0 Å². The predicted octanol–water partition coefficient (Wildman–Crippen LogP) is -8.02. The summed E-state index contributed by atoms with van der Waals surface area (Å²) < 4.78 is 35.5. The van der Waals surface area contributed by atoms with Gasteiger partial charge in [-0.3, -0.25) is 0 Å². The van der Waals surface area contributed by atoms with Crippen LogP contribution in [-0.4, -0.2) is 121 Å². The molecule has 160 valence electrons. The standard InChI is InChI=1S/2Mg.4H3O4P.3H2O.4H/c;;4*1-5(2,3)4;;;;;;;/h;;4*(H3,1,2,3,4);3*1H2;;;;. The minimum atomic E-state index is -4.64. The van der Waals surface area contributed by atoms with Crippen LogP contribution in [0, 0.1) is 0 Å². The summed E-state index contributed by atoms with van der Waals surface area (Å²) in [6, 6.07) is 0. The summed E-state index contributed by atoms with van der Waals surface area (Å²) in [6.07, 6.45) is 0. The van der Waals surface area contributed by atoms with Gasteiger partial charge >= 0.3 is 77.4 Å². The first-order chi connectivity index (χ1) is 8.00. The molecule has 0 aromatic heterocycles. The molecule has 0 aliphatic carbocycles. The van der Waals surface area contributed by atoms with Crippen LogP contribution in [0.25, 0.3) is 0 Å². The first kappa shape index (κ1) is 56.3. The van der Waals surface area contributed by atoms with Crippen molar-refractivity contribution in [3.8, 4) is 0 Å². The molecule has 25 heavy (non-hydrogen) atoms. The Morgan fingerprint density at radius 2 is 0.320 bits per heavy atom. The molecule has 0 atom stereocenters. The zero-order valence-electron chi connectivity index (χ0n) is 10.3. The number of hydrogen-bond donors (Lipinski definition) is 12. The molecule has 0 aliphatic heterocycles. The molecule has 0 aromatic rings. The quantitative estimate of drug-likeness (QED) is 0.109. The van der Waals surface area contributed by atoms with Crippen LogP contribution >= 0.6 is 31.3 Å². The second-order valence-corrected chi connectivity index (χ2v) is 6.16. The third kappa shape index (κ3) is 4290. The summed E-state index contributed by atoms with van der Waals surface area (Å²) in [4.78, 5) is 86.2. The molecule has 0 bridgehead atoms. The summed E-state index contributed by atoms with van der Waals surface area (Å²) in [5.41, 5.74) is 0. The van der Waals surface area contributed by atoms with Crippen LogP contribution in [0.2, 0.25) is 0 Å². The Bertz CT molecular complexity index is 290. The highest BCUT2D eigenvalue weighted by molar-refractivity contribution is 7.45. The molecule has 0 heterocycles. The van der Waals surface area contributed by atoms with Crippen LogP contribution in [0.1, 0.15) is 0 Å². The Balaban J connectivity index is -0.0000000183. The first-order valence-corrected chi connectivity index (χ1v) is 9.39. The minimum absolute atomic E-state index is 0. The molecular formula is H22Mg2O19P4. The van der Waals surface area contributed by atoms with Gasteiger partial charge in [0.15, 0.2) is 0 Å². The van der Waals surface area contributed by atoms with E-state index in [4.69, 9.17) is 77.0 Å². The SMILES string of the molecule is O.O.O.O=P(O)(O)O.O=P(O)(O)O.O=P(O)(O)O.O=P(O)(O)O.[MgH2].[MgH2]. The molecule has 25 heteroatoms. The van der Waals surface area contributed by atoms with Crippen molar-refractivity contribution >= 4 is 77.4 Å². The molecule has 0 rings (SSSR count). The lowest BCUT2D eigenvalue weighted by atomic mass is 15.8. The van der Waals surface area contributed by atoms with Crippen LogP contribution in [0.5, 0.6) is 0 Å². The Labute approximate surface area is 170 Å². The maximum atomic E-state index is 8.88. The average molecular weight is 499 g/mol. The van der Waals surface area contributed by atoms with Crippen molar-refractivity contribution in [1.82, 2.24) is 0 Å². The van der Waals surface area contributed by atoms with E-state index < -0.39 is 31.3 Å². The maximum absolute atomic E-state index is 8.88. The summed E-state index contributed by atoms with van der Waals surface area (Å²) in [7, 11) is -18.6. The lowest BCUT2D eigenvalue weighted by Gasteiger charge is -1.82. The summed E-state index contributed by atoms with van der Waals surface area (Å²) in [6.45, 7) is 0. The molecule has 0 aromatic carbocycles. The fourth-order valence-corrected chi connectivity index (χ4v) is 0. The van der Waals surface area contributed by atoms with Crippen molar-refractivity contribution < 1.29 is 93.4 Å². The maximum Gasteiger partial charge on any atom is 0.466 e. The highest BCUT2D eigenvalue weighted by atomic mass is 31.2. The van der Waals surface area contributed by atoms with Gasteiger partial charge in [0.1, 0.15) is 0 Å². The lowest BCUT2D eigenvalue weighted by molar-refractivity contribution is 0.272. The van der Waals surface area contributed by atoms with Crippen LogP contribution in [0.4, 0.5) is 0 Å². The smallest absolute Gasteiger partial charge is 0.412 e. The molecular weight excluding hydrogens is 476 g/mol. The fraction of sp³-hybridized carbons (Fsp3) is 0. The molecule has 0 unspecified atom stereocenters. The molecule has 18 N–H and O–H groups in total. The normalized spacial score (nSPS) is 9.44. The van der Waals surface area contributed by atoms with E-state index in [2.05, 4.69) is 0 Å². The number of rotatable bonds is 0. The Morgan fingerprint density at radius 1 is 0.320 bits per heavy atom. The molecule has 0 aliphatic rings. The summed E-state index contributed by atoms with van der Waals surface area (Å²) in [5.74, 6) is 0. The van der Waals surface area contributed by atoms with Gasteiger partial charge in [-0.2, -0.15) is 0 Å².